The minimum absolute atomic E-state index is 0.857. The summed E-state index contributed by atoms with van der Waals surface area (Å²) in [6.45, 7) is 3.23. The van der Waals surface area contributed by atoms with E-state index in [9.17, 15) is 0 Å². The van der Waals surface area contributed by atoms with E-state index < -0.39 is 0 Å². The second kappa shape index (κ2) is 5.05. The van der Waals surface area contributed by atoms with Crippen LogP contribution in [0, 0.1) is 17.8 Å². The molecule has 4 fully saturated rings. The predicted molar refractivity (Wildman–Crippen MR) is 65.4 cm³/mol. The molecule has 2 nitrogen and oxygen atoms in total. The van der Waals surface area contributed by atoms with Crippen LogP contribution in [0.2, 0.25) is 0 Å². The van der Waals surface area contributed by atoms with Gasteiger partial charge in [-0.15, -0.1) is 0 Å². The van der Waals surface area contributed by atoms with E-state index in [0.717, 1.165) is 37.0 Å². The third-order valence-electron chi connectivity index (χ3n) is 5.06. The Kier molecular flexibility index (Phi) is 3.49. The Morgan fingerprint density at radius 2 is 1.69 bits per heavy atom. The van der Waals surface area contributed by atoms with E-state index in [4.69, 9.17) is 4.74 Å². The highest BCUT2D eigenvalue weighted by atomic mass is 16.5. The Labute approximate surface area is 99.1 Å². The lowest BCUT2D eigenvalue weighted by Crippen LogP contribution is -2.46. The van der Waals surface area contributed by atoms with Crippen LogP contribution >= 0.6 is 0 Å². The summed E-state index contributed by atoms with van der Waals surface area (Å²) in [5.74, 6) is 2.94. The van der Waals surface area contributed by atoms with Crippen LogP contribution in [0.3, 0.4) is 0 Å². The van der Waals surface area contributed by atoms with Gasteiger partial charge in [0, 0.05) is 19.3 Å². The summed E-state index contributed by atoms with van der Waals surface area (Å²) in [6, 6.07) is 0.857. The summed E-state index contributed by atoms with van der Waals surface area (Å²) < 4.78 is 5.41. The lowest BCUT2D eigenvalue weighted by atomic mass is 9.68. The Hall–Kier alpha value is -0.0800. The third kappa shape index (κ3) is 2.43. The smallest absolute Gasteiger partial charge is 0.0469 e. The van der Waals surface area contributed by atoms with E-state index >= 15 is 0 Å². The zero-order valence-electron chi connectivity index (χ0n) is 10.3. The van der Waals surface area contributed by atoms with Crippen molar-refractivity contribution in [2.45, 2.75) is 51.0 Å². The first-order valence-electron chi connectivity index (χ1n) is 7.23. The van der Waals surface area contributed by atoms with Crippen molar-refractivity contribution in [1.82, 2.24) is 5.32 Å². The fourth-order valence-corrected chi connectivity index (χ4v) is 3.90. The molecule has 1 heterocycles. The number of fused-ring (bicyclic) bond motifs is 3. The van der Waals surface area contributed by atoms with Crippen LogP contribution in [0.15, 0.2) is 0 Å². The zero-order valence-corrected chi connectivity index (χ0v) is 10.3. The molecule has 2 bridgehead atoms. The summed E-state index contributed by atoms with van der Waals surface area (Å²) in [6.07, 6.45) is 10.0. The molecule has 1 atom stereocenters. The molecule has 3 aliphatic carbocycles. The number of nitrogens with one attached hydrogen (secondary N) is 1. The SMILES string of the molecule is C1CC(CNC2CC3CCC2CC3)CCO1. The van der Waals surface area contributed by atoms with E-state index in [1.807, 2.05) is 0 Å². The molecule has 0 aromatic heterocycles. The monoisotopic (exact) mass is 223 g/mol. The van der Waals surface area contributed by atoms with Crippen LogP contribution in [0.1, 0.15) is 44.9 Å². The minimum atomic E-state index is 0.857. The maximum Gasteiger partial charge on any atom is 0.0469 e. The van der Waals surface area contributed by atoms with Gasteiger partial charge in [-0.1, -0.05) is 12.8 Å². The molecule has 0 spiro atoms. The highest BCUT2D eigenvalue weighted by molar-refractivity contribution is 4.90. The largest absolute Gasteiger partial charge is 0.381 e. The van der Waals surface area contributed by atoms with E-state index in [2.05, 4.69) is 5.32 Å². The fraction of sp³-hybridized carbons (Fsp3) is 1.00. The maximum atomic E-state index is 5.41. The molecule has 16 heavy (non-hydrogen) atoms. The summed E-state index contributed by atoms with van der Waals surface area (Å²) in [4.78, 5) is 0. The van der Waals surface area contributed by atoms with Gasteiger partial charge in [0.2, 0.25) is 0 Å². The average Bonchev–Trinajstić information content (AvgIpc) is 2.39. The summed E-state index contributed by atoms with van der Waals surface area (Å²) in [5.41, 5.74) is 0. The van der Waals surface area contributed by atoms with Crippen molar-refractivity contribution >= 4 is 0 Å². The van der Waals surface area contributed by atoms with E-state index in [-0.39, 0.29) is 0 Å². The highest BCUT2D eigenvalue weighted by Gasteiger charge is 2.35. The second-order valence-corrected chi connectivity index (χ2v) is 6.09. The highest BCUT2D eigenvalue weighted by Crippen LogP contribution is 2.41. The molecule has 0 aromatic carbocycles. The van der Waals surface area contributed by atoms with Crippen LogP contribution in [-0.4, -0.2) is 25.8 Å². The van der Waals surface area contributed by atoms with Gasteiger partial charge in [0.25, 0.3) is 0 Å². The van der Waals surface area contributed by atoms with Crippen molar-refractivity contribution in [2.75, 3.05) is 19.8 Å². The lowest BCUT2D eigenvalue weighted by Gasteiger charge is -2.43. The number of hydrogen-bond acceptors (Lipinski definition) is 2. The van der Waals surface area contributed by atoms with Crippen LogP contribution < -0.4 is 5.32 Å². The Morgan fingerprint density at radius 3 is 2.31 bits per heavy atom. The van der Waals surface area contributed by atoms with Gasteiger partial charge >= 0.3 is 0 Å². The molecular formula is C14H25NO. The van der Waals surface area contributed by atoms with E-state index in [1.165, 1.54) is 51.5 Å². The van der Waals surface area contributed by atoms with Crippen molar-refractivity contribution in [3.8, 4) is 0 Å². The molecule has 2 heteroatoms. The molecule has 1 N–H and O–H groups in total. The van der Waals surface area contributed by atoms with E-state index in [1.54, 1.807) is 0 Å². The van der Waals surface area contributed by atoms with Crippen LogP contribution in [0.4, 0.5) is 0 Å². The van der Waals surface area contributed by atoms with Crippen LogP contribution in [0.5, 0.6) is 0 Å². The third-order valence-corrected chi connectivity index (χ3v) is 5.06. The van der Waals surface area contributed by atoms with Crippen molar-refractivity contribution in [2.24, 2.45) is 17.8 Å². The number of hydrogen-bond donors (Lipinski definition) is 1. The Bertz CT molecular complexity index is 217. The van der Waals surface area contributed by atoms with Crippen molar-refractivity contribution in [1.29, 1.82) is 0 Å². The summed E-state index contributed by atoms with van der Waals surface area (Å²) in [5, 5.41) is 3.87. The topological polar surface area (TPSA) is 21.3 Å². The standard InChI is InChI=1S/C14H25NO/c1-3-13-4-2-11(1)9-14(13)15-10-12-5-7-16-8-6-12/h11-15H,1-10H2. The molecule has 1 unspecified atom stereocenters. The fourth-order valence-electron chi connectivity index (χ4n) is 3.90. The lowest BCUT2D eigenvalue weighted by molar-refractivity contribution is 0.0596. The Balaban J connectivity index is 1.44. The first-order chi connectivity index (χ1) is 7.92. The van der Waals surface area contributed by atoms with Gasteiger partial charge in [0.15, 0.2) is 0 Å². The van der Waals surface area contributed by atoms with Gasteiger partial charge in [-0.3, -0.25) is 0 Å². The summed E-state index contributed by atoms with van der Waals surface area (Å²) >= 11 is 0. The quantitative estimate of drug-likeness (QED) is 0.794. The molecule has 3 saturated carbocycles. The van der Waals surface area contributed by atoms with Gasteiger partial charge in [0.05, 0.1) is 0 Å². The van der Waals surface area contributed by atoms with Crippen molar-refractivity contribution in [3.05, 3.63) is 0 Å². The molecule has 0 radical (unpaired) electrons. The number of ether oxygens (including phenoxy) is 1. The van der Waals surface area contributed by atoms with E-state index in [0.29, 0.717) is 0 Å². The van der Waals surface area contributed by atoms with Crippen molar-refractivity contribution < 1.29 is 4.74 Å². The maximum absolute atomic E-state index is 5.41. The molecular weight excluding hydrogens is 198 g/mol. The molecule has 4 aliphatic rings. The first-order valence-corrected chi connectivity index (χ1v) is 7.23. The molecule has 4 rings (SSSR count). The zero-order chi connectivity index (χ0) is 10.8. The van der Waals surface area contributed by atoms with Crippen LogP contribution in [-0.2, 0) is 4.74 Å². The Morgan fingerprint density at radius 1 is 0.938 bits per heavy atom. The van der Waals surface area contributed by atoms with Crippen LogP contribution in [0.25, 0.3) is 0 Å². The molecule has 0 amide bonds. The average molecular weight is 223 g/mol. The molecule has 0 aromatic rings. The second-order valence-electron chi connectivity index (χ2n) is 6.09. The molecule has 1 aliphatic heterocycles. The molecule has 1 saturated heterocycles. The van der Waals surface area contributed by atoms with Gasteiger partial charge < -0.3 is 10.1 Å². The summed E-state index contributed by atoms with van der Waals surface area (Å²) in [7, 11) is 0. The van der Waals surface area contributed by atoms with Gasteiger partial charge in [-0.05, 0) is 56.4 Å². The van der Waals surface area contributed by atoms with Gasteiger partial charge in [-0.25, -0.2) is 0 Å². The minimum Gasteiger partial charge on any atom is -0.381 e. The first kappa shape index (κ1) is 11.0. The van der Waals surface area contributed by atoms with Gasteiger partial charge in [-0.2, -0.15) is 0 Å². The molecule has 92 valence electrons. The predicted octanol–water partition coefficient (Wildman–Crippen LogP) is 2.58. The van der Waals surface area contributed by atoms with Crippen molar-refractivity contribution in [3.63, 3.8) is 0 Å². The van der Waals surface area contributed by atoms with Gasteiger partial charge in [0.1, 0.15) is 0 Å². The normalized spacial score (nSPS) is 40.1. The number of rotatable bonds is 3.